The van der Waals surface area contributed by atoms with Gasteiger partial charge in [0.1, 0.15) is 0 Å². The molecule has 2 aromatic rings. The van der Waals surface area contributed by atoms with Crippen LogP contribution in [0, 0.1) is 25.7 Å². The number of imide groups is 2. The Balaban J connectivity index is 1.76. The van der Waals surface area contributed by atoms with E-state index in [9.17, 15) is 19.2 Å². The van der Waals surface area contributed by atoms with Crippen LogP contribution in [0.3, 0.4) is 0 Å². The molecular formula is C23H23N3O4S. The number of fused-ring (bicyclic) bond motifs is 3. The zero-order chi connectivity index (χ0) is 22.2. The maximum absolute atomic E-state index is 13.3. The number of rotatable bonds is 2. The van der Waals surface area contributed by atoms with Gasteiger partial charge >= 0.3 is 0 Å². The first-order valence-corrected chi connectivity index (χ1v) is 11.2. The average Bonchev–Trinajstić information content (AvgIpc) is 3.32. The minimum atomic E-state index is -0.605. The van der Waals surface area contributed by atoms with Crippen molar-refractivity contribution < 1.29 is 19.2 Å². The smallest absolute Gasteiger partial charge is 0.238 e. The van der Waals surface area contributed by atoms with Crippen LogP contribution in [0.5, 0.6) is 0 Å². The summed E-state index contributed by atoms with van der Waals surface area (Å²) in [4.78, 5) is 59.8. The highest BCUT2D eigenvalue weighted by Crippen LogP contribution is 2.59. The first-order chi connectivity index (χ1) is 14.7. The van der Waals surface area contributed by atoms with Crippen LogP contribution in [-0.4, -0.2) is 52.5 Å². The van der Waals surface area contributed by atoms with Crippen molar-refractivity contribution in [1.29, 1.82) is 0 Å². The van der Waals surface area contributed by atoms with E-state index in [0.29, 0.717) is 5.69 Å². The van der Waals surface area contributed by atoms with E-state index >= 15 is 0 Å². The third-order valence-electron chi connectivity index (χ3n) is 7.04. The number of hydrogen-bond acceptors (Lipinski definition) is 6. The van der Waals surface area contributed by atoms with Crippen LogP contribution < -0.4 is 0 Å². The number of carbonyl (C=O) groups excluding carboxylic acids is 4. The predicted octanol–water partition coefficient (Wildman–Crippen LogP) is 2.34. The van der Waals surface area contributed by atoms with Crippen molar-refractivity contribution in [2.24, 2.45) is 11.8 Å². The Morgan fingerprint density at radius 2 is 1.55 bits per heavy atom. The van der Waals surface area contributed by atoms with E-state index < -0.39 is 29.6 Å². The van der Waals surface area contributed by atoms with Crippen LogP contribution in [0.4, 0.5) is 0 Å². The summed E-state index contributed by atoms with van der Waals surface area (Å²) in [6, 6.07) is 7.88. The van der Waals surface area contributed by atoms with Gasteiger partial charge in [-0.25, -0.2) is 4.98 Å². The highest BCUT2D eigenvalue weighted by Gasteiger charge is 2.60. The molecule has 2 saturated heterocycles. The number of nitrogens with zero attached hydrogens (tertiary/aromatic N) is 3. The quantitative estimate of drug-likeness (QED) is 0.673. The molecule has 1 aromatic heterocycles. The Morgan fingerprint density at radius 1 is 0.871 bits per heavy atom. The number of thiazole rings is 1. The molecule has 5 atom stereocenters. The average molecular weight is 438 g/mol. The molecule has 0 N–H and O–H groups in total. The molecule has 2 fully saturated rings. The normalized spacial score (nSPS) is 30.3. The van der Waals surface area contributed by atoms with E-state index in [1.54, 1.807) is 0 Å². The van der Waals surface area contributed by atoms with Crippen molar-refractivity contribution in [3.8, 4) is 0 Å². The van der Waals surface area contributed by atoms with Gasteiger partial charge in [0.25, 0.3) is 0 Å². The second-order valence-corrected chi connectivity index (χ2v) is 10.0. The number of aryl methyl sites for hydroxylation is 2. The fourth-order valence-electron chi connectivity index (χ4n) is 5.50. The maximum Gasteiger partial charge on any atom is 0.238 e. The van der Waals surface area contributed by atoms with Crippen LogP contribution in [0.1, 0.15) is 50.9 Å². The summed E-state index contributed by atoms with van der Waals surface area (Å²) in [5.74, 6) is -3.56. The number of hydrogen-bond donors (Lipinski definition) is 0. The maximum atomic E-state index is 13.3. The van der Waals surface area contributed by atoms with E-state index in [1.807, 2.05) is 38.1 Å². The first kappa shape index (κ1) is 20.1. The number of likely N-dealkylation sites (N-methyl/N-ethyl adjacent to an activating group) is 1. The summed E-state index contributed by atoms with van der Waals surface area (Å²) in [5, 5.41) is 0.790. The molecule has 5 rings (SSSR count). The van der Waals surface area contributed by atoms with Crippen LogP contribution in [-0.2, 0) is 19.2 Å². The summed E-state index contributed by atoms with van der Waals surface area (Å²) in [6.45, 7) is 3.85. The van der Waals surface area contributed by atoms with Gasteiger partial charge in [0, 0.05) is 37.2 Å². The SMILES string of the molecule is Cc1ccc([C@H]2[C@H]3C(=O)N(C)C(=O)[C@H]3c3sc(C)nc3[C@@H]2C2CC(=O)N(C)C2=O)cc1. The minimum Gasteiger partial charge on any atom is -0.285 e. The summed E-state index contributed by atoms with van der Waals surface area (Å²) in [5.41, 5.74) is 2.68. The Kier molecular flexibility index (Phi) is 4.41. The number of likely N-dealkylation sites (tertiary alicyclic amines) is 2. The van der Waals surface area contributed by atoms with Gasteiger partial charge in [-0.1, -0.05) is 29.8 Å². The Labute approximate surface area is 184 Å². The second kappa shape index (κ2) is 6.82. The molecule has 0 spiro atoms. The molecule has 31 heavy (non-hydrogen) atoms. The Bertz CT molecular complexity index is 1140. The van der Waals surface area contributed by atoms with Gasteiger partial charge in [0.05, 0.1) is 28.5 Å². The zero-order valence-electron chi connectivity index (χ0n) is 17.8. The third kappa shape index (κ3) is 2.74. The van der Waals surface area contributed by atoms with Gasteiger partial charge in [-0.05, 0) is 19.4 Å². The third-order valence-corrected chi connectivity index (χ3v) is 8.11. The Morgan fingerprint density at radius 3 is 2.16 bits per heavy atom. The predicted molar refractivity (Wildman–Crippen MR) is 113 cm³/mol. The van der Waals surface area contributed by atoms with E-state index in [1.165, 1.54) is 35.2 Å². The fourth-order valence-corrected chi connectivity index (χ4v) is 6.62. The number of amides is 4. The lowest BCUT2D eigenvalue weighted by atomic mass is 9.62. The molecule has 1 aliphatic carbocycles. The van der Waals surface area contributed by atoms with Crippen LogP contribution >= 0.6 is 11.3 Å². The Hall–Kier alpha value is -2.87. The van der Waals surface area contributed by atoms with Crippen LogP contribution in [0.25, 0.3) is 0 Å². The zero-order valence-corrected chi connectivity index (χ0v) is 18.6. The van der Waals surface area contributed by atoms with Crippen molar-refractivity contribution in [2.45, 2.75) is 38.0 Å². The molecule has 0 radical (unpaired) electrons. The van der Waals surface area contributed by atoms with E-state index in [-0.39, 0.29) is 30.0 Å². The fraction of sp³-hybridized carbons (Fsp3) is 0.435. The molecule has 2 aliphatic heterocycles. The largest absolute Gasteiger partial charge is 0.285 e. The molecule has 3 aliphatic rings. The molecule has 160 valence electrons. The highest BCUT2D eigenvalue weighted by molar-refractivity contribution is 7.12. The molecule has 1 aromatic carbocycles. The van der Waals surface area contributed by atoms with Crippen molar-refractivity contribution in [2.75, 3.05) is 14.1 Å². The first-order valence-electron chi connectivity index (χ1n) is 10.4. The van der Waals surface area contributed by atoms with Gasteiger partial charge in [-0.2, -0.15) is 0 Å². The standard InChI is InChI=1S/C23H23N3O4S/c1-10-5-7-12(8-6-10)15-16(13-9-14(27)25(3)21(13)28)19-20(31-11(2)24-19)18-17(15)22(29)26(4)23(18)30/h5-8,13,15-18H,9H2,1-4H3/t13?,15-,16-,17-,18-/m1/s1. The van der Waals surface area contributed by atoms with E-state index in [0.717, 1.165) is 21.0 Å². The number of benzene rings is 1. The molecule has 8 heteroatoms. The molecule has 4 amide bonds. The summed E-state index contributed by atoms with van der Waals surface area (Å²) in [6.07, 6.45) is 0.0910. The second-order valence-electron chi connectivity index (χ2n) is 8.79. The van der Waals surface area contributed by atoms with E-state index in [4.69, 9.17) is 4.98 Å². The van der Waals surface area contributed by atoms with E-state index in [2.05, 4.69) is 0 Å². The lowest BCUT2D eigenvalue weighted by molar-refractivity contribution is -0.140. The lowest BCUT2D eigenvalue weighted by Crippen LogP contribution is -2.39. The van der Waals surface area contributed by atoms with Crippen LogP contribution in [0.2, 0.25) is 0 Å². The van der Waals surface area contributed by atoms with Gasteiger partial charge in [-0.15, -0.1) is 11.3 Å². The molecule has 0 bridgehead atoms. The summed E-state index contributed by atoms with van der Waals surface area (Å²) < 4.78 is 0. The molecule has 0 saturated carbocycles. The van der Waals surface area contributed by atoms with Gasteiger partial charge < -0.3 is 0 Å². The molecule has 1 unspecified atom stereocenters. The lowest BCUT2D eigenvalue weighted by Gasteiger charge is -2.39. The molecule has 3 heterocycles. The summed E-state index contributed by atoms with van der Waals surface area (Å²) in [7, 11) is 3.03. The number of aromatic nitrogens is 1. The number of carbonyl (C=O) groups is 4. The van der Waals surface area contributed by atoms with Crippen molar-refractivity contribution >= 4 is 35.0 Å². The topological polar surface area (TPSA) is 87.7 Å². The van der Waals surface area contributed by atoms with Crippen molar-refractivity contribution in [1.82, 2.24) is 14.8 Å². The van der Waals surface area contributed by atoms with Gasteiger partial charge in [0.15, 0.2) is 0 Å². The van der Waals surface area contributed by atoms with Crippen molar-refractivity contribution in [3.63, 3.8) is 0 Å². The molecular weight excluding hydrogens is 414 g/mol. The van der Waals surface area contributed by atoms with Crippen LogP contribution in [0.15, 0.2) is 24.3 Å². The molecule has 7 nitrogen and oxygen atoms in total. The van der Waals surface area contributed by atoms with Gasteiger partial charge in [0.2, 0.25) is 23.6 Å². The summed E-state index contributed by atoms with van der Waals surface area (Å²) >= 11 is 1.42. The monoisotopic (exact) mass is 437 g/mol. The van der Waals surface area contributed by atoms with Gasteiger partial charge in [-0.3, -0.25) is 29.0 Å². The van der Waals surface area contributed by atoms with Crippen molar-refractivity contribution in [3.05, 3.63) is 51.0 Å². The minimum absolute atomic E-state index is 0.0910. The highest BCUT2D eigenvalue weighted by atomic mass is 32.1.